The molecule has 1 heterocycles. The maximum Gasteiger partial charge on any atom is 0.321 e. The van der Waals surface area contributed by atoms with Gasteiger partial charge in [-0.25, -0.2) is 4.79 Å². The summed E-state index contributed by atoms with van der Waals surface area (Å²) in [6.45, 7) is 5.61. The van der Waals surface area contributed by atoms with E-state index in [0.29, 0.717) is 43.1 Å². The highest BCUT2D eigenvalue weighted by Gasteiger charge is 2.21. The van der Waals surface area contributed by atoms with Gasteiger partial charge in [-0.05, 0) is 43.3 Å². The first-order chi connectivity index (χ1) is 13.4. The smallest absolute Gasteiger partial charge is 0.321 e. The lowest BCUT2D eigenvalue weighted by molar-refractivity contribution is -0.114. The predicted octanol–water partition coefficient (Wildman–Crippen LogP) is 3.20. The van der Waals surface area contributed by atoms with Crippen LogP contribution in [0.25, 0.3) is 0 Å². The molecule has 0 aromatic heterocycles. The third-order valence-corrected chi connectivity index (χ3v) is 4.64. The molecule has 0 unspecified atom stereocenters. The lowest BCUT2D eigenvalue weighted by Crippen LogP contribution is -2.50. The van der Waals surface area contributed by atoms with Gasteiger partial charge in [0, 0.05) is 55.7 Å². The van der Waals surface area contributed by atoms with Crippen LogP contribution in [0.4, 0.5) is 21.9 Å². The molecule has 2 N–H and O–H groups in total. The first kappa shape index (κ1) is 19.4. The molecule has 3 rings (SSSR count). The number of amides is 3. The summed E-state index contributed by atoms with van der Waals surface area (Å²) in [5.41, 5.74) is 3.06. The maximum absolute atomic E-state index is 12.5. The summed E-state index contributed by atoms with van der Waals surface area (Å²) in [5, 5.41) is 5.57. The van der Waals surface area contributed by atoms with Crippen molar-refractivity contribution in [2.45, 2.75) is 13.8 Å². The highest BCUT2D eigenvalue weighted by Crippen LogP contribution is 2.19. The largest absolute Gasteiger partial charge is 0.368 e. The average Bonchev–Trinajstić information content (AvgIpc) is 2.69. The molecular formula is C21H24N4O3. The number of ketones is 1. The molecule has 0 radical (unpaired) electrons. The van der Waals surface area contributed by atoms with E-state index in [9.17, 15) is 14.4 Å². The molecule has 1 fully saturated rings. The second-order valence-corrected chi connectivity index (χ2v) is 6.77. The van der Waals surface area contributed by atoms with Crippen LogP contribution in [-0.4, -0.2) is 48.8 Å². The number of carbonyl (C=O) groups excluding carboxylic acids is 3. The van der Waals surface area contributed by atoms with E-state index in [1.807, 2.05) is 24.3 Å². The third kappa shape index (κ3) is 4.88. The van der Waals surface area contributed by atoms with Crippen molar-refractivity contribution in [3.8, 4) is 0 Å². The molecule has 0 spiro atoms. The van der Waals surface area contributed by atoms with Crippen LogP contribution in [0.5, 0.6) is 0 Å². The van der Waals surface area contributed by atoms with Crippen LogP contribution in [0, 0.1) is 0 Å². The average molecular weight is 380 g/mol. The number of anilines is 3. The number of nitrogens with zero attached hydrogens (tertiary/aromatic N) is 2. The van der Waals surface area contributed by atoms with E-state index < -0.39 is 0 Å². The van der Waals surface area contributed by atoms with E-state index >= 15 is 0 Å². The molecule has 0 bridgehead atoms. The summed E-state index contributed by atoms with van der Waals surface area (Å²) >= 11 is 0. The molecule has 28 heavy (non-hydrogen) atoms. The van der Waals surface area contributed by atoms with Gasteiger partial charge in [-0.1, -0.05) is 12.1 Å². The Bertz CT molecular complexity index is 871. The van der Waals surface area contributed by atoms with Crippen molar-refractivity contribution in [1.29, 1.82) is 0 Å². The minimum Gasteiger partial charge on any atom is -0.368 e. The molecule has 3 amide bonds. The van der Waals surface area contributed by atoms with Crippen LogP contribution in [-0.2, 0) is 4.79 Å². The van der Waals surface area contributed by atoms with Gasteiger partial charge in [-0.3, -0.25) is 9.59 Å². The molecule has 0 aliphatic carbocycles. The Morgan fingerprint density at radius 2 is 1.43 bits per heavy atom. The summed E-state index contributed by atoms with van der Waals surface area (Å²) in [6, 6.07) is 14.4. The minimum absolute atomic E-state index is 0.0457. The van der Waals surface area contributed by atoms with Crippen molar-refractivity contribution in [3.63, 3.8) is 0 Å². The molecule has 0 saturated carbocycles. The monoisotopic (exact) mass is 380 g/mol. The number of hydrogen-bond donors (Lipinski definition) is 2. The normalized spacial score (nSPS) is 13.8. The van der Waals surface area contributed by atoms with Gasteiger partial charge < -0.3 is 20.4 Å². The van der Waals surface area contributed by atoms with E-state index in [1.165, 1.54) is 6.92 Å². The first-order valence-corrected chi connectivity index (χ1v) is 9.22. The zero-order chi connectivity index (χ0) is 20.1. The fraction of sp³-hybridized carbons (Fsp3) is 0.286. The fourth-order valence-electron chi connectivity index (χ4n) is 3.13. The Morgan fingerprint density at radius 3 is 2.00 bits per heavy atom. The van der Waals surface area contributed by atoms with Crippen LogP contribution in [0.3, 0.4) is 0 Å². The third-order valence-electron chi connectivity index (χ3n) is 4.64. The SMILES string of the molecule is CC(=O)Nc1ccc(NC(=O)N2CCN(c3cccc(C(C)=O)c3)CC2)cc1. The molecule has 2 aromatic carbocycles. The van der Waals surface area contributed by atoms with Gasteiger partial charge in [0.25, 0.3) is 0 Å². The van der Waals surface area contributed by atoms with E-state index in [1.54, 1.807) is 36.1 Å². The number of carbonyl (C=O) groups is 3. The van der Waals surface area contributed by atoms with Gasteiger partial charge >= 0.3 is 6.03 Å². The van der Waals surface area contributed by atoms with E-state index in [2.05, 4.69) is 15.5 Å². The van der Waals surface area contributed by atoms with E-state index in [-0.39, 0.29) is 17.7 Å². The van der Waals surface area contributed by atoms with Gasteiger partial charge in [0.2, 0.25) is 5.91 Å². The van der Waals surface area contributed by atoms with Gasteiger partial charge in [-0.15, -0.1) is 0 Å². The number of nitrogens with one attached hydrogen (secondary N) is 2. The van der Waals surface area contributed by atoms with Crippen LogP contribution >= 0.6 is 0 Å². The maximum atomic E-state index is 12.5. The summed E-state index contributed by atoms with van der Waals surface area (Å²) in [7, 11) is 0. The highest BCUT2D eigenvalue weighted by atomic mass is 16.2. The molecule has 7 nitrogen and oxygen atoms in total. The zero-order valence-electron chi connectivity index (χ0n) is 16.1. The molecule has 2 aromatic rings. The van der Waals surface area contributed by atoms with Crippen molar-refractivity contribution >= 4 is 34.8 Å². The van der Waals surface area contributed by atoms with Gasteiger partial charge in [0.05, 0.1) is 0 Å². The van der Waals surface area contributed by atoms with Crippen molar-refractivity contribution < 1.29 is 14.4 Å². The standard InChI is InChI=1S/C21H24N4O3/c1-15(26)17-4-3-5-20(14-17)24-10-12-25(13-11-24)21(28)23-19-8-6-18(7-9-19)22-16(2)27/h3-9,14H,10-13H2,1-2H3,(H,22,27)(H,23,28). The number of Topliss-reactive ketones (excluding diaryl/α,β-unsaturated/α-hetero) is 1. The van der Waals surface area contributed by atoms with E-state index in [0.717, 1.165) is 5.69 Å². The second kappa shape index (κ2) is 8.56. The summed E-state index contributed by atoms with van der Waals surface area (Å²) in [4.78, 5) is 39.1. The predicted molar refractivity (Wildman–Crippen MR) is 110 cm³/mol. The van der Waals surface area contributed by atoms with Crippen LogP contribution in [0.15, 0.2) is 48.5 Å². The topological polar surface area (TPSA) is 81.8 Å². The molecule has 146 valence electrons. The number of rotatable bonds is 4. The van der Waals surface area contributed by atoms with Crippen LogP contribution < -0.4 is 15.5 Å². The van der Waals surface area contributed by atoms with Gasteiger partial charge in [-0.2, -0.15) is 0 Å². The molecule has 7 heteroatoms. The van der Waals surface area contributed by atoms with Crippen LogP contribution in [0.2, 0.25) is 0 Å². The summed E-state index contributed by atoms with van der Waals surface area (Å²) < 4.78 is 0. The minimum atomic E-state index is -0.149. The summed E-state index contributed by atoms with van der Waals surface area (Å²) in [6.07, 6.45) is 0. The van der Waals surface area contributed by atoms with Crippen molar-refractivity contribution in [1.82, 2.24) is 4.90 Å². The number of hydrogen-bond acceptors (Lipinski definition) is 4. The fourth-order valence-corrected chi connectivity index (χ4v) is 3.13. The lowest BCUT2D eigenvalue weighted by Gasteiger charge is -2.36. The van der Waals surface area contributed by atoms with Crippen LogP contribution in [0.1, 0.15) is 24.2 Å². The van der Waals surface area contributed by atoms with E-state index in [4.69, 9.17) is 0 Å². The molecule has 0 atom stereocenters. The Morgan fingerprint density at radius 1 is 0.821 bits per heavy atom. The molecule has 1 saturated heterocycles. The Balaban J connectivity index is 1.54. The highest BCUT2D eigenvalue weighted by molar-refractivity contribution is 5.95. The van der Waals surface area contributed by atoms with Gasteiger partial charge in [0.1, 0.15) is 0 Å². The van der Waals surface area contributed by atoms with Crippen molar-refractivity contribution in [3.05, 3.63) is 54.1 Å². The van der Waals surface area contributed by atoms with Crippen molar-refractivity contribution in [2.24, 2.45) is 0 Å². The Labute approximate surface area is 164 Å². The summed E-state index contributed by atoms with van der Waals surface area (Å²) in [5.74, 6) is -0.0899. The Kier molecular flexibility index (Phi) is 5.93. The number of benzene rings is 2. The molecular weight excluding hydrogens is 356 g/mol. The molecule has 1 aliphatic rings. The number of piperazine rings is 1. The van der Waals surface area contributed by atoms with Gasteiger partial charge in [0.15, 0.2) is 5.78 Å². The first-order valence-electron chi connectivity index (χ1n) is 9.22. The number of urea groups is 1. The zero-order valence-corrected chi connectivity index (χ0v) is 16.1. The lowest BCUT2D eigenvalue weighted by atomic mass is 10.1. The molecule has 1 aliphatic heterocycles. The second-order valence-electron chi connectivity index (χ2n) is 6.77. The van der Waals surface area contributed by atoms with Crippen molar-refractivity contribution in [2.75, 3.05) is 41.7 Å². The Hall–Kier alpha value is -3.35. The quantitative estimate of drug-likeness (QED) is 0.798.